The normalized spacial score (nSPS) is 34.8. The molecule has 0 radical (unpaired) electrons. The molecule has 1 N–H and O–H groups in total. The zero-order chi connectivity index (χ0) is 9.64. The summed E-state index contributed by atoms with van der Waals surface area (Å²) in [5.74, 6) is 1.09. The molecule has 0 saturated heterocycles. The van der Waals surface area contributed by atoms with E-state index >= 15 is 0 Å². The Morgan fingerprint density at radius 1 is 1.69 bits per heavy atom. The molecular formula is C11H16O2. The fraction of sp³-hybridized carbons (Fsp3) is 0.727. The smallest absolute Gasteiger partial charge is 0.184 e. The number of allylic oxidation sites excluding steroid dienone is 1. The van der Waals surface area contributed by atoms with Gasteiger partial charge in [0.1, 0.15) is 6.61 Å². The summed E-state index contributed by atoms with van der Waals surface area (Å²) in [6.45, 7) is 4.12. The van der Waals surface area contributed by atoms with Crippen molar-refractivity contribution < 1.29 is 9.90 Å². The van der Waals surface area contributed by atoms with Gasteiger partial charge in [-0.15, -0.1) is 0 Å². The summed E-state index contributed by atoms with van der Waals surface area (Å²) >= 11 is 0. The number of carbonyl (C=O) groups is 1. The molecule has 0 spiro atoms. The van der Waals surface area contributed by atoms with E-state index in [0.717, 1.165) is 24.3 Å². The third-order valence-electron chi connectivity index (χ3n) is 3.93. The summed E-state index contributed by atoms with van der Waals surface area (Å²) in [6, 6.07) is 0. The third-order valence-corrected chi connectivity index (χ3v) is 3.93. The van der Waals surface area contributed by atoms with Crippen molar-refractivity contribution in [2.45, 2.75) is 26.7 Å². The van der Waals surface area contributed by atoms with Gasteiger partial charge in [0, 0.05) is 0 Å². The Hall–Kier alpha value is -0.630. The number of Topliss-reactive ketones (excluding diaryl/α,β-unsaturated/α-hetero) is 1. The van der Waals surface area contributed by atoms with Crippen molar-refractivity contribution in [3.63, 3.8) is 0 Å². The number of rotatable bonds is 2. The summed E-state index contributed by atoms with van der Waals surface area (Å²) in [5.41, 5.74) is 1.17. The zero-order valence-corrected chi connectivity index (χ0v) is 8.21. The number of hydrogen-bond donors (Lipinski definition) is 1. The topological polar surface area (TPSA) is 37.3 Å². The van der Waals surface area contributed by atoms with Crippen LogP contribution in [-0.2, 0) is 4.79 Å². The van der Waals surface area contributed by atoms with Gasteiger partial charge in [-0.1, -0.05) is 19.9 Å². The Morgan fingerprint density at radius 2 is 2.38 bits per heavy atom. The third kappa shape index (κ3) is 1.08. The molecule has 2 bridgehead atoms. The first-order chi connectivity index (χ1) is 6.07. The quantitative estimate of drug-likeness (QED) is 0.700. The lowest BCUT2D eigenvalue weighted by Gasteiger charge is -2.56. The summed E-state index contributed by atoms with van der Waals surface area (Å²) < 4.78 is 0. The molecule has 0 aromatic heterocycles. The van der Waals surface area contributed by atoms with E-state index in [2.05, 4.69) is 13.8 Å². The molecule has 2 heteroatoms. The molecule has 0 aliphatic heterocycles. The van der Waals surface area contributed by atoms with E-state index in [1.165, 1.54) is 0 Å². The van der Waals surface area contributed by atoms with E-state index in [1.807, 2.05) is 6.08 Å². The first kappa shape index (κ1) is 8.95. The van der Waals surface area contributed by atoms with Gasteiger partial charge in [0.15, 0.2) is 5.78 Å². The van der Waals surface area contributed by atoms with Crippen molar-refractivity contribution in [2.75, 3.05) is 6.61 Å². The Morgan fingerprint density at radius 3 is 2.85 bits per heavy atom. The molecule has 13 heavy (non-hydrogen) atoms. The first-order valence-corrected chi connectivity index (χ1v) is 4.91. The van der Waals surface area contributed by atoms with Gasteiger partial charge in [-0.3, -0.25) is 4.79 Å². The Labute approximate surface area is 78.6 Å². The minimum absolute atomic E-state index is 0.0729. The van der Waals surface area contributed by atoms with E-state index in [4.69, 9.17) is 5.11 Å². The van der Waals surface area contributed by atoms with Crippen molar-refractivity contribution in [1.29, 1.82) is 0 Å². The first-order valence-electron chi connectivity index (χ1n) is 4.91. The predicted molar refractivity (Wildman–Crippen MR) is 50.2 cm³/mol. The highest BCUT2D eigenvalue weighted by molar-refractivity contribution is 5.97. The SMILES string of the molecule is CC1(C)[C@H]2CC=C(C(=O)CO)[C@@H]1C2. The molecule has 3 rings (SSSR count). The van der Waals surface area contributed by atoms with Crippen molar-refractivity contribution in [2.24, 2.45) is 17.3 Å². The molecule has 0 aromatic rings. The summed E-state index contributed by atoms with van der Waals surface area (Å²) in [5, 5.41) is 8.80. The van der Waals surface area contributed by atoms with Crippen LogP contribution in [0.1, 0.15) is 26.7 Å². The number of carbonyl (C=O) groups excluding carboxylic acids is 1. The predicted octanol–water partition coefficient (Wildman–Crippen LogP) is 1.54. The van der Waals surface area contributed by atoms with Crippen LogP contribution in [0.15, 0.2) is 11.6 Å². The monoisotopic (exact) mass is 180 g/mol. The molecule has 3 aliphatic rings. The lowest BCUT2D eigenvalue weighted by Crippen LogP contribution is -2.49. The largest absolute Gasteiger partial charge is 0.388 e. The summed E-state index contributed by atoms with van der Waals surface area (Å²) in [6.07, 6.45) is 4.19. The van der Waals surface area contributed by atoms with Gasteiger partial charge in [-0.25, -0.2) is 0 Å². The van der Waals surface area contributed by atoms with Crippen LogP contribution in [0.4, 0.5) is 0 Å². The highest BCUT2D eigenvalue weighted by Gasteiger charge is 2.52. The second kappa shape index (κ2) is 2.68. The maximum Gasteiger partial charge on any atom is 0.184 e. The number of aliphatic hydroxyl groups excluding tert-OH is 1. The van der Waals surface area contributed by atoms with Gasteiger partial charge in [0.25, 0.3) is 0 Å². The maximum atomic E-state index is 11.4. The van der Waals surface area contributed by atoms with E-state index in [-0.39, 0.29) is 17.8 Å². The molecule has 72 valence electrons. The number of fused-ring (bicyclic) bond motifs is 1. The van der Waals surface area contributed by atoms with Gasteiger partial charge >= 0.3 is 0 Å². The molecular weight excluding hydrogens is 164 g/mol. The highest BCUT2D eigenvalue weighted by atomic mass is 16.3. The average Bonchev–Trinajstić information content (AvgIpc) is 2.16. The molecule has 0 heterocycles. The minimum Gasteiger partial charge on any atom is -0.388 e. The van der Waals surface area contributed by atoms with Gasteiger partial charge in [0.2, 0.25) is 0 Å². The summed E-state index contributed by atoms with van der Waals surface area (Å²) in [7, 11) is 0. The van der Waals surface area contributed by atoms with E-state index in [9.17, 15) is 4.79 Å². The standard InChI is InChI=1S/C11H16O2/c1-11(2)7-3-4-8(9(11)5-7)10(13)6-12/h4,7,9,12H,3,5-6H2,1-2H3/t7-,9-/m0/s1. The fourth-order valence-corrected chi connectivity index (χ4v) is 2.75. The lowest BCUT2D eigenvalue weighted by molar-refractivity contribution is -0.121. The van der Waals surface area contributed by atoms with Crippen LogP contribution in [0.3, 0.4) is 0 Å². The Balaban J connectivity index is 2.23. The fourth-order valence-electron chi connectivity index (χ4n) is 2.75. The van der Waals surface area contributed by atoms with E-state index in [0.29, 0.717) is 5.92 Å². The van der Waals surface area contributed by atoms with Gasteiger partial charge < -0.3 is 5.11 Å². The van der Waals surface area contributed by atoms with Crippen molar-refractivity contribution >= 4 is 5.78 Å². The number of ketones is 1. The zero-order valence-electron chi connectivity index (χ0n) is 8.21. The van der Waals surface area contributed by atoms with Crippen LogP contribution in [0.25, 0.3) is 0 Å². The molecule has 2 atom stereocenters. The highest BCUT2D eigenvalue weighted by Crippen LogP contribution is 2.59. The van der Waals surface area contributed by atoms with Crippen molar-refractivity contribution in [3.8, 4) is 0 Å². The van der Waals surface area contributed by atoms with Crippen LogP contribution in [0.2, 0.25) is 0 Å². The van der Waals surface area contributed by atoms with Crippen LogP contribution in [0, 0.1) is 17.3 Å². The molecule has 3 aliphatic carbocycles. The maximum absolute atomic E-state index is 11.4. The molecule has 1 fully saturated rings. The van der Waals surface area contributed by atoms with Crippen molar-refractivity contribution in [3.05, 3.63) is 11.6 Å². The van der Waals surface area contributed by atoms with E-state index < -0.39 is 0 Å². The van der Waals surface area contributed by atoms with Crippen LogP contribution in [-0.4, -0.2) is 17.5 Å². The lowest BCUT2D eigenvalue weighted by atomic mass is 9.48. The minimum atomic E-state index is -0.330. The Kier molecular flexibility index (Phi) is 1.84. The summed E-state index contributed by atoms with van der Waals surface area (Å²) in [4.78, 5) is 11.4. The molecule has 0 aromatic carbocycles. The van der Waals surface area contributed by atoms with Crippen molar-refractivity contribution in [1.82, 2.24) is 0 Å². The van der Waals surface area contributed by atoms with Gasteiger partial charge in [0.05, 0.1) is 0 Å². The molecule has 2 nitrogen and oxygen atoms in total. The van der Waals surface area contributed by atoms with E-state index in [1.54, 1.807) is 0 Å². The van der Waals surface area contributed by atoms with Crippen LogP contribution >= 0.6 is 0 Å². The Bertz CT molecular complexity index is 276. The molecule has 0 amide bonds. The van der Waals surface area contributed by atoms with Gasteiger partial charge in [-0.2, -0.15) is 0 Å². The number of aliphatic hydroxyl groups is 1. The second-order valence-corrected chi connectivity index (χ2v) is 4.78. The van der Waals surface area contributed by atoms with Crippen LogP contribution in [0.5, 0.6) is 0 Å². The molecule has 1 saturated carbocycles. The average molecular weight is 180 g/mol. The van der Waals surface area contributed by atoms with Crippen LogP contribution < -0.4 is 0 Å². The molecule has 0 unspecified atom stereocenters. The van der Waals surface area contributed by atoms with Gasteiger partial charge in [-0.05, 0) is 35.7 Å². The second-order valence-electron chi connectivity index (χ2n) is 4.78. The number of hydrogen-bond acceptors (Lipinski definition) is 2.